The normalized spacial score (nSPS) is 11.2. The predicted molar refractivity (Wildman–Crippen MR) is 91.4 cm³/mol. The SMILES string of the molecule is Cc1ccc2c(N)c(C(N)=O)nnc2c1-c1ccc2cncn2c1. The van der Waals surface area contributed by atoms with Gasteiger partial charge < -0.3 is 15.9 Å². The van der Waals surface area contributed by atoms with Gasteiger partial charge in [-0.3, -0.25) is 4.79 Å². The summed E-state index contributed by atoms with van der Waals surface area (Å²) in [5.74, 6) is -0.691. The summed E-state index contributed by atoms with van der Waals surface area (Å²) in [4.78, 5) is 15.6. The van der Waals surface area contributed by atoms with E-state index < -0.39 is 5.91 Å². The molecule has 4 N–H and O–H groups in total. The van der Waals surface area contributed by atoms with Gasteiger partial charge in [0.15, 0.2) is 5.69 Å². The molecule has 0 saturated heterocycles. The Morgan fingerprint density at radius 2 is 2.00 bits per heavy atom. The average Bonchev–Trinajstić information content (AvgIpc) is 3.02. The zero-order valence-electron chi connectivity index (χ0n) is 12.9. The van der Waals surface area contributed by atoms with Gasteiger partial charge in [0.25, 0.3) is 5.91 Å². The van der Waals surface area contributed by atoms with Crippen molar-refractivity contribution < 1.29 is 4.79 Å². The van der Waals surface area contributed by atoms with Crippen molar-refractivity contribution in [1.82, 2.24) is 19.6 Å². The van der Waals surface area contributed by atoms with Crippen molar-refractivity contribution in [3.63, 3.8) is 0 Å². The fourth-order valence-corrected chi connectivity index (χ4v) is 2.91. The minimum atomic E-state index is -0.691. The second kappa shape index (κ2) is 5.02. The Bertz CT molecular complexity index is 1110. The number of fused-ring (bicyclic) bond motifs is 2. The number of anilines is 1. The summed E-state index contributed by atoms with van der Waals surface area (Å²) in [7, 11) is 0. The number of aromatic nitrogens is 4. The maximum Gasteiger partial charge on any atom is 0.271 e. The molecule has 7 heteroatoms. The van der Waals surface area contributed by atoms with Gasteiger partial charge in [0.05, 0.1) is 23.7 Å². The Morgan fingerprint density at radius 1 is 1.17 bits per heavy atom. The van der Waals surface area contributed by atoms with Crippen molar-refractivity contribution in [2.45, 2.75) is 6.92 Å². The summed E-state index contributed by atoms with van der Waals surface area (Å²) in [5.41, 5.74) is 16.2. The van der Waals surface area contributed by atoms with Crippen molar-refractivity contribution in [2.75, 3.05) is 5.73 Å². The van der Waals surface area contributed by atoms with Crippen molar-refractivity contribution in [2.24, 2.45) is 5.73 Å². The molecule has 0 aliphatic carbocycles. The number of amides is 1. The van der Waals surface area contributed by atoms with Gasteiger partial charge in [-0.1, -0.05) is 18.2 Å². The third-order valence-corrected chi connectivity index (χ3v) is 4.11. The first-order chi connectivity index (χ1) is 11.6. The predicted octanol–water partition coefficient (Wildman–Crippen LogP) is 1.93. The van der Waals surface area contributed by atoms with Gasteiger partial charge in [-0.05, 0) is 18.6 Å². The number of benzene rings is 1. The second-order valence-corrected chi connectivity index (χ2v) is 5.62. The lowest BCUT2D eigenvalue weighted by molar-refractivity contribution is 0.0996. The largest absolute Gasteiger partial charge is 0.396 e. The number of nitrogen functional groups attached to an aromatic ring is 1. The fraction of sp³-hybridized carbons (Fsp3) is 0.0588. The smallest absolute Gasteiger partial charge is 0.271 e. The van der Waals surface area contributed by atoms with E-state index in [1.54, 1.807) is 12.5 Å². The molecule has 1 aromatic carbocycles. The number of rotatable bonds is 2. The summed E-state index contributed by atoms with van der Waals surface area (Å²) < 4.78 is 1.93. The Balaban J connectivity index is 2.05. The molecule has 0 bridgehead atoms. The zero-order valence-corrected chi connectivity index (χ0v) is 12.9. The van der Waals surface area contributed by atoms with Crippen LogP contribution in [0.2, 0.25) is 0 Å². The summed E-state index contributed by atoms with van der Waals surface area (Å²) >= 11 is 0. The minimum Gasteiger partial charge on any atom is -0.396 e. The molecule has 1 amide bonds. The van der Waals surface area contributed by atoms with Crippen LogP contribution < -0.4 is 11.5 Å². The molecule has 118 valence electrons. The van der Waals surface area contributed by atoms with E-state index in [1.807, 2.05) is 41.8 Å². The maximum absolute atomic E-state index is 11.4. The molecule has 0 saturated carbocycles. The lowest BCUT2D eigenvalue weighted by Crippen LogP contribution is -2.16. The van der Waals surface area contributed by atoms with Gasteiger partial charge >= 0.3 is 0 Å². The molecule has 4 rings (SSSR count). The van der Waals surface area contributed by atoms with Crippen molar-refractivity contribution in [1.29, 1.82) is 0 Å². The van der Waals surface area contributed by atoms with Crippen molar-refractivity contribution in [3.8, 4) is 11.1 Å². The maximum atomic E-state index is 11.4. The van der Waals surface area contributed by atoms with Gasteiger partial charge in [-0.15, -0.1) is 10.2 Å². The van der Waals surface area contributed by atoms with E-state index in [9.17, 15) is 4.79 Å². The Kier molecular flexibility index (Phi) is 2.96. The minimum absolute atomic E-state index is 0.0117. The van der Waals surface area contributed by atoms with Crippen LogP contribution in [0, 0.1) is 6.92 Å². The molecule has 0 spiro atoms. The lowest BCUT2D eigenvalue weighted by atomic mass is 9.97. The van der Waals surface area contributed by atoms with Crippen LogP contribution in [-0.4, -0.2) is 25.5 Å². The van der Waals surface area contributed by atoms with Crippen molar-refractivity contribution >= 4 is 28.0 Å². The molecule has 3 heterocycles. The number of hydrogen-bond acceptors (Lipinski definition) is 5. The molecular weight excluding hydrogens is 304 g/mol. The van der Waals surface area contributed by atoms with E-state index in [2.05, 4.69) is 15.2 Å². The third kappa shape index (κ3) is 1.98. The Hall–Kier alpha value is -3.48. The number of aryl methyl sites for hydroxylation is 1. The summed E-state index contributed by atoms with van der Waals surface area (Å²) in [6, 6.07) is 7.76. The van der Waals surface area contributed by atoms with Crippen LogP contribution in [0.25, 0.3) is 27.5 Å². The van der Waals surface area contributed by atoms with Crippen LogP contribution >= 0.6 is 0 Å². The standard InChI is InChI=1S/C17H14N6O/c1-9-2-5-12-14(18)16(17(19)24)22-21-15(12)13(9)10-3-4-11-6-20-8-23(11)7-10/h2-8H,1H3,(H2,18,21)(H2,19,24). The molecular formula is C17H14N6O. The number of imidazole rings is 1. The van der Waals surface area contributed by atoms with E-state index >= 15 is 0 Å². The molecule has 0 radical (unpaired) electrons. The first-order valence-electron chi connectivity index (χ1n) is 7.33. The first-order valence-corrected chi connectivity index (χ1v) is 7.33. The third-order valence-electron chi connectivity index (χ3n) is 4.11. The summed E-state index contributed by atoms with van der Waals surface area (Å²) in [6.45, 7) is 1.99. The van der Waals surface area contributed by atoms with E-state index in [4.69, 9.17) is 11.5 Å². The topological polar surface area (TPSA) is 112 Å². The van der Waals surface area contributed by atoms with Crippen LogP contribution in [0.4, 0.5) is 5.69 Å². The highest BCUT2D eigenvalue weighted by molar-refractivity contribution is 6.07. The van der Waals surface area contributed by atoms with Gasteiger partial charge in [-0.2, -0.15) is 0 Å². The number of nitrogens with zero attached hydrogens (tertiary/aromatic N) is 4. The molecule has 0 unspecified atom stereocenters. The van der Waals surface area contributed by atoms with E-state index in [0.29, 0.717) is 10.9 Å². The second-order valence-electron chi connectivity index (χ2n) is 5.62. The van der Waals surface area contributed by atoms with Gasteiger partial charge in [0.2, 0.25) is 0 Å². The highest BCUT2D eigenvalue weighted by Gasteiger charge is 2.17. The van der Waals surface area contributed by atoms with E-state index in [-0.39, 0.29) is 11.4 Å². The first kappa shape index (κ1) is 14.1. The highest BCUT2D eigenvalue weighted by atomic mass is 16.1. The Labute approximate surface area is 136 Å². The van der Waals surface area contributed by atoms with E-state index in [0.717, 1.165) is 22.2 Å². The monoisotopic (exact) mass is 318 g/mol. The Morgan fingerprint density at radius 3 is 2.79 bits per heavy atom. The van der Waals surface area contributed by atoms with Crippen LogP contribution in [-0.2, 0) is 0 Å². The average molecular weight is 318 g/mol. The van der Waals surface area contributed by atoms with Gasteiger partial charge in [0, 0.05) is 22.7 Å². The number of carbonyl (C=O) groups excluding carboxylic acids is 1. The van der Waals surface area contributed by atoms with Crippen molar-refractivity contribution in [3.05, 3.63) is 54.2 Å². The molecule has 24 heavy (non-hydrogen) atoms. The lowest BCUT2D eigenvalue weighted by Gasteiger charge is -2.12. The number of primary amides is 1. The van der Waals surface area contributed by atoms with Crippen LogP contribution in [0.5, 0.6) is 0 Å². The molecule has 0 atom stereocenters. The zero-order chi connectivity index (χ0) is 16.8. The van der Waals surface area contributed by atoms with E-state index in [1.165, 1.54) is 0 Å². The molecule has 3 aromatic heterocycles. The highest BCUT2D eigenvalue weighted by Crippen LogP contribution is 2.33. The molecule has 0 fully saturated rings. The summed E-state index contributed by atoms with van der Waals surface area (Å²) in [5, 5.41) is 8.79. The van der Waals surface area contributed by atoms with Gasteiger partial charge in [0.1, 0.15) is 5.52 Å². The quantitative estimate of drug-likeness (QED) is 0.586. The molecule has 0 aliphatic heterocycles. The number of hydrogen-bond donors (Lipinski definition) is 2. The molecule has 0 aliphatic rings. The number of nitrogens with two attached hydrogens (primary N) is 2. The molecule has 4 aromatic rings. The van der Waals surface area contributed by atoms with Crippen LogP contribution in [0.1, 0.15) is 16.1 Å². The molecule has 7 nitrogen and oxygen atoms in total. The number of pyridine rings is 1. The van der Waals surface area contributed by atoms with Gasteiger partial charge in [-0.25, -0.2) is 4.98 Å². The van der Waals surface area contributed by atoms with Crippen LogP contribution in [0.15, 0.2) is 43.0 Å². The number of carbonyl (C=O) groups is 1. The summed E-state index contributed by atoms with van der Waals surface area (Å²) in [6.07, 6.45) is 5.51. The van der Waals surface area contributed by atoms with Crippen LogP contribution in [0.3, 0.4) is 0 Å². The fourth-order valence-electron chi connectivity index (χ4n) is 2.91.